The van der Waals surface area contributed by atoms with E-state index in [1.807, 2.05) is 0 Å². The first-order chi connectivity index (χ1) is 9.52. The summed E-state index contributed by atoms with van der Waals surface area (Å²) in [6.07, 6.45) is 0. The third-order valence-electron chi connectivity index (χ3n) is 2.90. The van der Waals surface area contributed by atoms with Crippen molar-refractivity contribution in [2.24, 2.45) is 0 Å². The van der Waals surface area contributed by atoms with E-state index in [-0.39, 0.29) is 5.91 Å². The maximum absolute atomic E-state index is 12.2. The van der Waals surface area contributed by atoms with Crippen molar-refractivity contribution in [3.05, 3.63) is 46.8 Å². The molecular formula is C14H15N3O3. The van der Waals surface area contributed by atoms with Gasteiger partial charge in [-0.2, -0.15) is 5.10 Å². The van der Waals surface area contributed by atoms with Gasteiger partial charge in [0.1, 0.15) is 0 Å². The van der Waals surface area contributed by atoms with E-state index in [4.69, 9.17) is 0 Å². The highest BCUT2D eigenvalue weighted by atomic mass is 16.5. The average Bonchev–Trinajstić information content (AvgIpc) is 2.77. The number of anilines is 1. The fourth-order valence-electron chi connectivity index (χ4n) is 1.92. The van der Waals surface area contributed by atoms with Gasteiger partial charge in [0.25, 0.3) is 5.91 Å². The van der Waals surface area contributed by atoms with E-state index < -0.39 is 5.97 Å². The summed E-state index contributed by atoms with van der Waals surface area (Å²) in [4.78, 5) is 23.6. The average molecular weight is 273 g/mol. The van der Waals surface area contributed by atoms with Gasteiger partial charge in [0.05, 0.1) is 23.9 Å². The Bertz CT molecular complexity index is 642. The third-order valence-corrected chi connectivity index (χ3v) is 2.90. The first-order valence-corrected chi connectivity index (χ1v) is 6.04. The van der Waals surface area contributed by atoms with Crippen LogP contribution in [0.2, 0.25) is 0 Å². The lowest BCUT2D eigenvalue weighted by Crippen LogP contribution is -2.14. The highest BCUT2D eigenvalue weighted by Crippen LogP contribution is 2.15. The number of aryl methyl sites for hydroxylation is 2. The van der Waals surface area contributed by atoms with E-state index in [0.29, 0.717) is 28.2 Å². The number of H-pyrrole nitrogens is 1. The van der Waals surface area contributed by atoms with Crippen molar-refractivity contribution in [1.82, 2.24) is 10.2 Å². The second-order valence-electron chi connectivity index (χ2n) is 4.34. The quantitative estimate of drug-likeness (QED) is 0.838. The zero-order chi connectivity index (χ0) is 14.7. The molecule has 0 atom stereocenters. The molecule has 20 heavy (non-hydrogen) atoms. The van der Waals surface area contributed by atoms with Crippen molar-refractivity contribution in [3.63, 3.8) is 0 Å². The van der Waals surface area contributed by atoms with Crippen molar-refractivity contribution in [2.75, 3.05) is 12.4 Å². The molecular weight excluding hydrogens is 258 g/mol. The number of aromatic amines is 1. The molecule has 0 unspecified atom stereocenters. The van der Waals surface area contributed by atoms with Gasteiger partial charge >= 0.3 is 5.97 Å². The molecule has 2 N–H and O–H groups in total. The SMILES string of the molecule is COC(=O)c1cccc(NC(=O)c2c(C)n[nH]c2C)c1. The first kappa shape index (κ1) is 13.8. The predicted octanol–water partition coefficient (Wildman–Crippen LogP) is 2.07. The number of nitrogens with one attached hydrogen (secondary N) is 2. The molecule has 2 aromatic rings. The summed E-state index contributed by atoms with van der Waals surface area (Å²) in [7, 11) is 1.31. The zero-order valence-electron chi connectivity index (χ0n) is 11.5. The number of benzene rings is 1. The Morgan fingerprint density at radius 1 is 1.30 bits per heavy atom. The summed E-state index contributed by atoms with van der Waals surface area (Å²) in [5.41, 5.74) is 2.74. The summed E-state index contributed by atoms with van der Waals surface area (Å²) < 4.78 is 4.64. The van der Waals surface area contributed by atoms with Gasteiger partial charge in [-0.3, -0.25) is 9.89 Å². The second-order valence-corrected chi connectivity index (χ2v) is 4.34. The Morgan fingerprint density at radius 3 is 2.65 bits per heavy atom. The molecule has 0 saturated heterocycles. The molecule has 0 saturated carbocycles. The Kier molecular flexibility index (Phi) is 3.84. The molecule has 2 rings (SSSR count). The van der Waals surface area contributed by atoms with Crippen LogP contribution in [0.15, 0.2) is 24.3 Å². The highest BCUT2D eigenvalue weighted by Gasteiger charge is 2.15. The zero-order valence-corrected chi connectivity index (χ0v) is 11.5. The van der Waals surface area contributed by atoms with Gasteiger partial charge in [-0.1, -0.05) is 6.07 Å². The Hall–Kier alpha value is -2.63. The molecule has 0 spiro atoms. The van der Waals surface area contributed by atoms with Crippen LogP contribution in [-0.4, -0.2) is 29.2 Å². The lowest BCUT2D eigenvalue weighted by Gasteiger charge is -2.07. The monoisotopic (exact) mass is 273 g/mol. The Balaban J connectivity index is 2.22. The van der Waals surface area contributed by atoms with Crippen molar-refractivity contribution in [2.45, 2.75) is 13.8 Å². The van der Waals surface area contributed by atoms with E-state index in [0.717, 1.165) is 0 Å². The second kappa shape index (κ2) is 5.56. The number of hydrogen-bond donors (Lipinski definition) is 2. The minimum absolute atomic E-state index is 0.268. The van der Waals surface area contributed by atoms with Gasteiger partial charge in [0.2, 0.25) is 0 Å². The highest BCUT2D eigenvalue weighted by molar-refractivity contribution is 6.06. The number of aromatic nitrogens is 2. The van der Waals surface area contributed by atoms with Crippen LogP contribution in [0.5, 0.6) is 0 Å². The van der Waals surface area contributed by atoms with Crippen molar-refractivity contribution in [1.29, 1.82) is 0 Å². The van der Waals surface area contributed by atoms with Crippen LogP contribution in [0.4, 0.5) is 5.69 Å². The molecule has 0 aliphatic heterocycles. The van der Waals surface area contributed by atoms with Gasteiger partial charge in [-0.15, -0.1) is 0 Å². The lowest BCUT2D eigenvalue weighted by molar-refractivity contribution is 0.0600. The van der Waals surface area contributed by atoms with Crippen LogP contribution in [0, 0.1) is 13.8 Å². The minimum atomic E-state index is -0.447. The number of esters is 1. The largest absolute Gasteiger partial charge is 0.465 e. The number of amides is 1. The summed E-state index contributed by atoms with van der Waals surface area (Å²) in [5.74, 6) is -0.715. The molecule has 1 heterocycles. The fraction of sp³-hybridized carbons (Fsp3) is 0.214. The van der Waals surface area contributed by atoms with Gasteiger partial charge < -0.3 is 10.1 Å². The molecule has 0 fully saturated rings. The van der Waals surface area contributed by atoms with Crippen LogP contribution < -0.4 is 5.32 Å². The number of carbonyl (C=O) groups excluding carboxylic acids is 2. The minimum Gasteiger partial charge on any atom is -0.465 e. The molecule has 0 bridgehead atoms. The number of nitrogens with zero attached hydrogens (tertiary/aromatic N) is 1. The number of methoxy groups -OCH3 is 1. The first-order valence-electron chi connectivity index (χ1n) is 6.04. The number of hydrogen-bond acceptors (Lipinski definition) is 4. The summed E-state index contributed by atoms with van der Waals surface area (Å²) >= 11 is 0. The van der Waals surface area contributed by atoms with E-state index in [1.54, 1.807) is 38.1 Å². The molecule has 0 aliphatic carbocycles. The number of ether oxygens (including phenoxy) is 1. The summed E-state index contributed by atoms with van der Waals surface area (Å²) in [6.45, 7) is 3.53. The maximum atomic E-state index is 12.2. The Labute approximate surface area is 116 Å². The summed E-state index contributed by atoms with van der Waals surface area (Å²) in [6, 6.07) is 6.57. The van der Waals surface area contributed by atoms with Crippen LogP contribution in [0.3, 0.4) is 0 Å². The van der Waals surface area contributed by atoms with Gasteiger partial charge in [-0.25, -0.2) is 4.79 Å². The smallest absolute Gasteiger partial charge is 0.337 e. The van der Waals surface area contributed by atoms with Crippen molar-refractivity contribution >= 4 is 17.6 Å². The number of rotatable bonds is 3. The predicted molar refractivity (Wildman–Crippen MR) is 73.8 cm³/mol. The topological polar surface area (TPSA) is 84.1 Å². The standard InChI is InChI=1S/C14H15N3O3/c1-8-12(9(2)17-16-8)13(18)15-11-6-4-5-10(7-11)14(19)20-3/h4-7H,1-3H3,(H,15,18)(H,16,17). The van der Waals surface area contributed by atoms with Crippen LogP contribution in [-0.2, 0) is 4.74 Å². The number of carbonyl (C=O) groups is 2. The van der Waals surface area contributed by atoms with Gasteiger partial charge in [-0.05, 0) is 32.0 Å². The molecule has 104 valence electrons. The van der Waals surface area contributed by atoms with Gasteiger partial charge in [0.15, 0.2) is 0 Å². The molecule has 1 amide bonds. The van der Waals surface area contributed by atoms with Crippen LogP contribution in [0.25, 0.3) is 0 Å². The van der Waals surface area contributed by atoms with E-state index >= 15 is 0 Å². The van der Waals surface area contributed by atoms with Crippen molar-refractivity contribution < 1.29 is 14.3 Å². The van der Waals surface area contributed by atoms with E-state index in [1.165, 1.54) is 7.11 Å². The normalized spacial score (nSPS) is 10.2. The maximum Gasteiger partial charge on any atom is 0.337 e. The third kappa shape index (κ3) is 2.69. The van der Waals surface area contributed by atoms with Crippen molar-refractivity contribution in [3.8, 4) is 0 Å². The molecule has 6 heteroatoms. The van der Waals surface area contributed by atoms with Gasteiger partial charge in [0, 0.05) is 11.4 Å². The lowest BCUT2D eigenvalue weighted by atomic mass is 10.1. The molecule has 0 aliphatic rings. The molecule has 1 aromatic carbocycles. The van der Waals surface area contributed by atoms with E-state index in [9.17, 15) is 9.59 Å². The molecule has 1 aromatic heterocycles. The van der Waals surface area contributed by atoms with Crippen LogP contribution in [0.1, 0.15) is 32.1 Å². The summed E-state index contributed by atoms with van der Waals surface area (Å²) in [5, 5.41) is 9.47. The fourth-order valence-corrected chi connectivity index (χ4v) is 1.92. The van der Waals surface area contributed by atoms with Crippen LogP contribution >= 0.6 is 0 Å². The Morgan fingerprint density at radius 2 is 2.05 bits per heavy atom. The molecule has 0 radical (unpaired) electrons. The molecule has 6 nitrogen and oxygen atoms in total. The van der Waals surface area contributed by atoms with E-state index in [2.05, 4.69) is 20.3 Å².